The van der Waals surface area contributed by atoms with E-state index in [1.54, 1.807) is 6.92 Å². The first-order valence-corrected chi connectivity index (χ1v) is 7.33. The number of amides is 1. The van der Waals surface area contributed by atoms with Crippen molar-refractivity contribution in [2.75, 3.05) is 12.3 Å². The Hall–Kier alpha value is -0.700. The number of aliphatic hydroxyl groups excluding tert-OH is 1. The summed E-state index contributed by atoms with van der Waals surface area (Å²) in [5.41, 5.74) is 5.43. The average molecular weight is 290 g/mol. The van der Waals surface area contributed by atoms with Gasteiger partial charge in [-0.2, -0.15) is 0 Å². The van der Waals surface area contributed by atoms with Gasteiger partial charge in [0.05, 0.1) is 16.3 Å². The van der Waals surface area contributed by atoms with E-state index in [-0.39, 0.29) is 17.0 Å². The first kappa shape index (κ1) is 13.7. The Bertz CT molecular complexity index is 424. The zero-order valence-corrected chi connectivity index (χ0v) is 11.3. The number of β-lactam (4-membered cyclic amide) rings is 1. The lowest BCUT2D eigenvalue weighted by Crippen LogP contribution is -2.60. The fourth-order valence-electron chi connectivity index (χ4n) is 2.00. The molecule has 100 valence electrons. The van der Waals surface area contributed by atoms with Crippen molar-refractivity contribution in [3.8, 4) is 0 Å². The number of aliphatic hydroxyl groups is 1. The average Bonchev–Trinajstić information content (AvgIpc) is 2.60. The van der Waals surface area contributed by atoms with Crippen molar-refractivity contribution in [1.29, 1.82) is 0 Å². The van der Waals surface area contributed by atoms with E-state index in [1.165, 1.54) is 28.4 Å². The van der Waals surface area contributed by atoms with Gasteiger partial charge in [-0.1, -0.05) is 11.8 Å². The lowest BCUT2D eigenvalue weighted by atomic mass is 9.92. The van der Waals surface area contributed by atoms with Crippen LogP contribution in [0.1, 0.15) is 6.92 Å². The maximum Gasteiger partial charge on any atom is 0.354 e. The van der Waals surface area contributed by atoms with E-state index in [0.717, 1.165) is 0 Å². The molecule has 0 saturated carbocycles. The number of hydrogen-bond acceptors (Lipinski definition) is 6. The fourth-order valence-corrected chi connectivity index (χ4v) is 4.77. The minimum absolute atomic E-state index is 0.0327. The smallest absolute Gasteiger partial charge is 0.354 e. The third-order valence-corrected chi connectivity index (χ3v) is 5.51. The predicted molar refractivity (Wildman–Crippen MR) is 69.6 cm³/mol. The van der Waals surface area contributed by atoms with Crippen LogP contribution in [-0.4, -0.2) is 50.8 Å². The summed E-state index contributed by atoms with van der Waals surface area (Å²) in [6.45, 7) is 1.99. The zero-order chi connectivity index (χ0) is 13.4. The van der Waals surface area contributed by atoms with Crippen LogP contribution >= 0.6 is 23.5 Å². The molecule has 6 nitrogen and oxygen atoms in total. The van der Waals surface area contributed by atoms with E-state index in [1.807, 2.05) is 0 Å². The summed E-state index contributed by atoms with van der Waals surface area (Å²) in [4.78, 5) is 24.3. The van der Waals surface area contributed by atoms with Crippen LogP contribution < -0.4 is 5.73 Å². The normalized spacial score (nSPS) is 28.2. The monoisotopic (exact) mass is 290 g/mol. The van der Waals surface area contributed by atoms with E-state index in [0.29, 0.717) is 16.5 Å². The zero-order valence-electron chi connectivity index (χ0n) is 9.70. The molecule has 0 aromatic heterocycles. The predicted octanol–water partition coefficient (Wildman–Crippen LogP) is -0.156. The van der Waals surface area contributed by atoms with Gasteiger partial charge in [-0.05, 0) is 6.92 Å². The molecule has 4 N–H and O–H groups in total. The van der Waals surface area contributed by atoms with Gasteiger partial charge in [0.25, 0.3) is 0 Å². The van der Waals surface area contributed by atoms with Crippen LogP contribution in [0.5, 0.6) is 0 Å². The van der Waals surface area contributed by atoms with Crippen LogP contribution in [0.2, 0.25) is 0 Å². The molecular weight excluding hydrogens is 276 g/mol. The third kappa shape index (κ3) is 2.03. The number of carboxylic acid groups (broad SMARTS) is 1. The van der Waals surface area contributed by atoms with Gasteiger partial charge in [0.1, 0.15) is 5.37 Å². The van der Waals surface area contributed by atoms with Crippen LogP contribution in [0.4, 0.5) is 0 Å². The number of rotatable bonds is 5. The summed E-state index contributed by atoms with van der Waals surface area (Å²) >= 11 is 2.67. The molecule has 1 saturated heterocycles. The quantitative estimate of drug-likeness (QED) is 0.605. The summed E-state index contributed by atoms with van der Waals surface area (Å²) in [5.74, 6) is -1.33. The largest absolute Gasteiger partial charge is 0.477 e. The molecule has 1 unspecified atom stereocenters. The van der Waals surface area contributed by atoms with Gasteiger partial charge in [-0.3, -0.25) is 9.69 Å². The van der Waals surface area contributed by atoms with E-state index in [9.17, 15) is 19.8 Å². The van der Waals surface area contributed by atoms with E-state index >= 15 is 0 Å². The second-order valence-corrected chi connectivity index (χ2v) is 6.55. The number of hydrogen-bond donors (Lipinski definition) is 3. The van der Waals surface area contributed by atoms with Crippen molar-refractivity contribution < 1.29 is 19.8 Å². The Balaban J connectivity index is 2.21. The lowest BCUT2D eigenvalue weighted by molar-refractivity contribution is -0.156. The van der Waals surface area contributed by atoms with Gasteiger partial charge in [-0.15, -0.1) is 11.8 Å². The third-order valence-electron chi connectivity index (χ3n) is 2.82. The number of thioether (sulfide) groups is 2. The van der Waals surface area contributed by atoms with E-state index < -0.39 is 18.0 Å². The molecule has 0 spiro atoms. The molecule has 1 amide bonds. The van der Waals surface area contributed by atoms with Gasteiger partial charge < -0.3 is 15.9 Å². The Labute approximate surface area is 113 Å². The first-order valence-electron chi connectivity index (χ1n) is 5.47. The summed E-state index contributed by atoms with van der Waals surface area (Å²) < 4.78 is 0.606. The molecule has 2 aliphatic rings. The number of carbonyl (C=O) groups excluding carboxylic acids is 1. The summed E-state index contributed by atoms with van der Waals surface area (Å²) in [6, 6.07) is 0. The number of aliphatic carboxylic acids is 1. The second-order valence-electron chi connectivity index (χ2n) is 4.06. The van der Waals surface area contributed by atoms with E-state index in [4.69, 9.17) is 5.73 Å². The molecule has 18 heavy (non-hydrogen) atoms. The van der Waals surface area contributed by atoms with Crippen LogP contribution in [0.25, 0.3) is 0 Å². The van der Waals surface area contributed by atoms with Crippen LogP contribution in [-0.2, 0) is 9.59 Å². The summed E-state index contributed by atoms with van der Waals surface area (Å²) in [7, 11) is 0. The molecule has 2 heterocycles. The van der Waals surface area contributed by atoms with Crippen LogP contribution in [0.3, 0.4) is 0 Å². The molecule has 0 aliphatic carbocycles. The molecular formula is C10H14N2O4S2. The highest BCUT2D eigenvalue weighted by atomic mass is 32.2. The van der Waals surface area contributed by atoms with Crippen molar-refractivity contribution in [3.63, 3.8) is 0 Å². The Morgan fingerprint density at radius 2 is 2.33 bits per heavy atom. The second kappa shape index (κ2) is 5.12. The summed E-state index contributed by atoms with van der Waals surface area (Å²) in [5, 5.41) is 18.4. The summed E-state index contributed by atoms with van der Waals surface area (Å²) in [6.07, 6.45) is -0.764. The minimum Gasteiger partial charge on any atom is -0.477 e. The standard InChI is InChI=1S/C10H14N2O4S2/c1-4(13)5-7(14)12-6(9(15)16)10(17-3-2-11)18-8(5)12/h4-5,8,13H,2-3,11H2,1H3,(H,15,16)/t4?,5-,8+/m0/s1. The highest BCUT2D eigenvalue weighted by molar-refractivity contribution is 8.22. The van der Waals surface area contributed by atoms with Crippen molar-refractivity contribution in [2.45, 2.75) is 18.4 Å². The highest BCUT2D eigenvalue weighted by Crippen LogP contribution is 2.53. The Morgan fingerprint density at radius 1 is 1.67 bits per heavy atom. The number of nitrogens with two attached hydrogens (primary N) is 1. The van der Waals surface area contributed by atoms with Crippen molar-refractivity contribution >= 4 is 35.4 Å². The maximum absolute atomic E-state index is 11.8. The van der Waals surface area contributed by atoms with Crippen LogP contribution in [0, 0.1) is 5.92 Å². The molecule has 0 aromatic rings. The van der Waals surface area contributed by atoms with Crippen LogP contribution in [0.15, 0.2) is 9.93 Å². The van der Waals surface area contributed by atoms with Gasteiger partial charge in [0.15, 0.2) is 5.70 Å². The van der Waals surface area contributed by atoms with Gasteiger partial charge in [0, 0.05) is 12.3 Å². The van der Waals surface area contributed by atoms with Gasteiger partial charge in [0.2, 0.25) is 5.91 Å². The SMILES string of the molecule is CC(O)[C@H]1C(=O)N2C(C(=O)O)=C(SCCN)S[C@H]12. The Kier molecular flexibility index (Phi) is 3.90. The number of nitrogens with zero attached hydrogens (tertiary/aromatic N) is 1. The topological polar surface area (TPSA) is 104 Å². The van der Waals surface area contributed by atoms with Gasteiger partial charge >= 0.3 is 5.97 Å². The molecule has 0 aromatic carbocycles. The number of carboxylic acids is 1. The number of fused-ring (bicyclic) bond motifs is 1. The maximum atomic E-state index is 11.8. The van der Waals surface area contributed by atoms with Gasteiger partial charge in [-0.25, -0.2) is 4.79 Å². The highest BCUT2D eigenvalue weighted by Gasteiger charge is 2.57. The van der Waals surface area contributed by atoms with E-state index in [2.05, 4.69) is 0 Å². The first-order chi connectivity index (χ1) is 8.49. The fraction of sp³-hybridized carbons (Fsp3) is 0.600. The minimum atomic E-state index is -1.11. The molecule has 2 aliphatic heterocycles. The lowest BCUT2D eigenvalue weighted by Gasteiger charge is -2.43. The molecule has 2 rings (SSSR count). The Morgan fingerprint density at radius 3 is 2.83 bits per heavy atom. The molecule has 1 fully saturated rings. The number of carbonyl (C=O) groups is 2. The molecule has 0 bridgehead atoms. The van der Waals surface area contributed by atoms with Crippen molar-refractivity contribution in [2.24, 2.45) is 11.7 Å². The molecule has 8 heteroatoms. The molecule has 3 atom stereocenters. The van der Waals surface area contributed by atoms with Crippen molar-refractivity contribution in [3.05, 3.63) is 9.93 Å². The molecule has 0 radical (unpaired) electrons. The van der Waals surface area contributed by atoms with Crippen molar-refractivity contribution in [1.82, 2.24) is 4.90 Å².